The van der Waals surface area contributed by atoms with E-state index < -0.39 is 0 Å². The largest absolute Gasteiger partial charge is 0.100 e. The molecule has 0 atom stereocenters. The molecule has 0 spiro atoms. The summed E-state index contributed by atoms with van der Waals surface area (Å²) in [5, 5.41) is 0. The van der Waals surface area contributed by atoms with E-state index in [0.717, 1.165) is 0 Å². The lowest BCUT2D eigenvalue weighted by Gasteiger charge is -2.03. The molecule has 0 saturated heterocycles. The van der Waals surface area contributed by atoms with Gasteiger partial charge in [-0.15, -0.1) is 6.58 Å². The molecule has 0 aliphatic carbocycles. The van der Waals surface area contributed by atoms with E-state index in [2.05, 4.69) is 95.8 Å². The first-order valence-corrected chi connectivity index (χ1v) is 9.12. The fraction of sp³-hybridized carbons (Fsp3) is 0.360. The fourth-order valence-corrected chi connectivity index (χ4v) is 1.81. The Morgan fingerprint density at radius 2 is 1.12 bits per heavy atom. The van der Waals surface area contributed by atoms with Gasteiger partial charge >= 0.3 is 0 Å². The van der Waals surface area contributed by atoms with Crippen LogP contribution in [0.15, 0.2) is 66.8 Å². The third kappa shape index (κ3) is 14.0. The molecule has 0 saturated carbocycles. The monoisotopic (exact) mass is 338 g/mol. The first-order chi connectivity index (χ1) is 11.8. The molecule has 0 heteroatoms. The Kier molecular flexibility index (Phi) is 15.5. The maximum Gasteiger partial charge on any atom is -0.0201 e. The van der Waals surface area contributed by atoms with Crippen LogP contribution in [-0.4, -0.2) is 0 Å². The number of benzene rings is 2. The molecule has 0 heterocycles. The molecule has 2 aromatic carbocycles. The first-order valence-electron chi connectivity index (χ1n) is 9.12. The third-order valence-electron chi connectivity index (χ3n) is 3.22. The summed E-state index contributed by atoms with van der Waals surface area (Å²) in [6.07, 6.45) is 2.14. The van der Waals surface area contributed by atoms with E-state index in [-0.39, 0.29) is 0 Å². The minimum atomic E-state index is 1.17. The average Bonchev–Trinajstić information content (AvgIpc) is 2.59. The molecule has 0 unspecified atom stereocenters. The van der Waals surface area contributed by atoms with Crippen molar-refractivity contribution in [1.82, 2.24) is 0 Å². The van der Waals surface area contributed by atoms with Gasteiger partial charge in [0.05, 0.1) is 0 Å². The van der Waals surface area contributed by atoms with Crippen molar-refractivity contribution >= 4 is 5.57 Å². The molecule has 138 valence electrons. The van der Waals surface area contributed by atoms with E-state index in [9.17, 15) is 0 Å². The number of aryl methyl sites for hydroxylation is 3. The van der Waals surface area contributed by atoms with E-state index in [1.165, 1.54) is 33.4 Å². The second-order valence-corrected chi connectivity index (χ2v) is 6.15. The Morgan fingerprint density at radius 1 is 0.760 bits per heavy atom. The van der Waals surface area contributed by atoms with Gasteiger partial charge in [-0.3, -0.25) is 0 Å². The molecule has 0 aromatic heterocycles. The highest BCUT2D eigenvalue weighted by atomic mass is 14.0. The van der Waals surface area contributed by atoms with Crippen LogP contribution < -0.4 is 0 Å². The molecule has 2 rings (SSSR count). The lowest BCUT2D eigenvalue weighted by atomic mass is 10.0. The molecular weight excluding hydrogens is 300 g/mol. The maximum absolute atomic E-state index is 3.56. The highest BCUT2D eigenvalue weighted by Gasteiger charge is 1.95. The Balaban J connectivity index is 0. The van der Waals surface area contributed by atoms with E-state index >= 15 is 0 Å². The van der Waals surface area contributed by atoms with Crippen LogP contribution in [0.2, 0.25) is 0 Å². The summed E-state index contributed by atoms with van der Waals surface area (Å²) < 4.78 is 0. The van der Waals surface area contributed by atoms with Gasteiger partial charge in [-0.1, -0.05) is 85.2 Å². The lowest BCUT2D eigenvalue weighted by molar-refractivity contribution is 1.40. The van der Waals surface area contributed by atoms with Crippen LogP contribution in [0.1, 0.15) is 63.8 Å². The molecule has 0 aliphatic heterocycles. The van der Waals surface area contributed by atoms with Crippen LogP contribution in [0.4, 0.5) is 0 Å². The Morgan fingerprint density at radius 3 is 1.44 bits per heavy atom. The van der Waals surface area contributed by atoms with E-state index in [1.807, 2.05) is 27.7 Å². The summed E-state index contributed by atoms with van der Waals surface area (Å²) in [7, 11) is 0. The van der Waals surface area contributed by atoms with Gasteiger partial charge in [-0.05, 0) is 65.2 Å². The van der Waals surface area contributed by atoms with Crippen molar-refractivity contribution < 1.29 is 0 Å². The van der Waals surface area contributed by atoms with Crippen molar-refractivity contribution in [2.75, 3.05) is 0 Å². The number of rotatable bonds is 1. The topological polar surface area (TPSA) is 0 Å². The molecule has 0 bridgehead atoms. The molecular formula is C25H38. The summed E-state index contributed by atoms with van der Waals surface area (Å²) in [6.45, 7) is 22.0. The molecule has 0 fully saturated rings. The van der Waals surface area contributed by atoms with Gasteiger partial charge in [0, 0.05) is 0 Å². The van der Waals surface area contributed by atoms with Gasteiger partial charge in [0.1, 0.15) is 0 Å². The van der Waals surface area contributed by atoms with Gasteiger partial charge in [0.25, 0.3) is 0 Å². The quantitative estimate of drug-likeness (QED) is 0.458. The fourth-order valence-electron chi connectivity index (χ4n) is 1.81. The summed E-state index contributed by atoms with van der Waals surface area (Å²) in [4.78, 5) is 0. The predicted octanol–water partition coefficient (Wildman–Crippen LogP) is 8.33. The van der Waals surface area contributed by atoms with E-state index in [1.54, 1.807) is 0 Å². The predicted molar refractivity (Wildman–Crippen MR) is 118 cm³/mol. The smallest absolute Gasteiger partial charge is 0.0201 e. The van der Waals surface area contributed by atoms with Crippen LogP contribution in [0, 0.1) is 20.8 Å². The van der Waals surface area contributed by atoms with Crippen LogP contribution in [0.3, 0.4) is 0 Å². The third-order valence-corrected chi connectivity index (χ3v) is 3.22. The Hall–Kier alpha value is -2.08. The molecule has 0 radical (unpaired) electrons. The Labute approximate surface area is 157 Å². The highest BCUT2D eigenvalue weighted by Crippen LogP contribution is 2.16. The summed E-state index contributed by atoms with van der Waals surface area (Å²) in [6, 6.07) is 16.9. The van der Waals surface area contributed by atoms with Crippen LogP contribution in [-0.2, 0) is 0 Å². The molecule has 2 aromatic rings. The van der Waals surface area contributed by atoms with Crippen molar-refractivity contribution in [3.63, 3.8) is 0 Å². The molecule has 0 N–H and O–H groups in total. The van der Waals surface area contributed by atoms with Crippen molar-refractivity contribution in [1.29, 1.82) is 0 Å². The SMILES string of the molecule is C/C=C(\C)c1ccccc1C.C=C(C)C.CC.Cc1ccc(C)cc1. The number of hydrogen-bond donors (Lipinski definition) is 0. The zero-order valence-electron chi connectivity index (χ0n) is 17.9. The van der Waals surface area contributed by atoms with Gasteiger partial charge < -0.3 is 0 Å². The van der Waals surface area contributed by atoms with Crippen molar-refractivity contribution in [3.05, 3.63) is 89.0 Å². The second kappa shape index (κ2) is 15.4. The summed E-state index contributed by atoms with van der Waals surface area (Å²) >= 11 is 0. The standard InChI is InChI=1S/C11H14.C8H10.C4H8.C2H6/c1-4-9(2)11-8-6-5-7-10(11)3;1-7-3-5-8(2)6-4-7;1-4(2)3;1-2/h4-8H,1-3H3;3-6H,1-2H3;1H2,2-3H3;1-2H3/b9-4+;;;. The highest BCUT2D eigenvalue weighted by molar-refractivity contribution is 5.65. The van der Waals surface area contributed by atoms with Crippen molar-refractivity contribution in [2.24, 2.45) is 0 Å². The summed E-state index contributed by atoms with van der Waals surface area (Å²) in [5.74, 6) is 0. The lowest BCUT2D eigenvalue weighted by Crippen LogP contribution is -1.83. The van der Waals surface area contributed by atoms with E-state index in [4.69, 9.17) is 0 Å². The zero-order chi connectivity index (χ0) is 19.8. The molecule has 0 nitrogen and oxygen atoms in total. The molecule has 0 amide bonds. The summed E-state index contributed by atoms with van der Waals surface area (Å²) in [5.41, 5.74) is 7.88. The van der Waals surface area contributed by atoms with Crippen LogP contribution in [0.5, 0.6) is 0 Å². The normalized spacial score (nSPS) is 9.40. The maximum atomic E-state index is 3.56. The van der Waals surface area contributed by atoms with Gasteiger partial charge in [0.15, 0.2) is 0 Å². The molecule has 25 heavy (non-hydrogen) atoms. The van der Waals surface area contributed by atoms with Crippen molar-refractivity contribution in [2.45, 2.75) is 62.3 Å². The number of hydrogen-bond acceptors (Lipinski definition) is 0. The van der Waals surface area contributed by atoms with Gasteiger partial charge in [-0.25, -0.2) is 0 Å². The van der Waals surface area contributed by atoms with Gasteiger partial charge in [-0.2, -0.15) is 0 Å². The number of allylic oxidation sites excluding steroid dienone is 3. The van der Waals surface area contributed by atoms with E-state index in [0.29, 0.717) is 0 Å². The van der Waals surface area contributed by atoms with Crippen LogP contribution in [0.25, 0.3) is 5.57 Å². The average molecular weight is 339 g/mol. The minimum absolute atomic E-state index is 1.17. The second-order valence-electron chi connectivity index (χ2n) is 6.15. The van der Waals surface area contributed by atoms with Crippen molar-refractivity contribution in [3.8, 4) is 0 Å². The Bertz CT molecular complexity index is 588. The zero-order valence-corrected chi connectivity index (χ0v) is 17.9. The minimum Gasteiger partial charge on any atom is -0.100 e. The van der Waals surface area contributed by atoms with Gasteiger partial charge in [0.2, 0.25) is 0 Å². The first kappa shape index (κ1) is 25.2. The molecule has 0 aliphatic rings. The van der Waals surface area contributed by atoms with Crippen LogP contribution >= 0.6 is 0 Å².